The van der Waals surface area contributed by atoms with E-state index in [2.05, 4.69) is 5.43 Å². The lowest BCUT2D eigenvalue weighted by Gasteiger charge is -2.49. The lowest BCUT2D eigenvalue weighted by molar-refractivity contribution is -0.138. The summed E-state index contributed by atoms with van der Waals surface area (Å²) in [5, 5.41) is 12.1. The summed E-state index contributed by atoms with van der Waals surface area (Å²) < 4.78 is 9.22. The molecule has 13 heteroatoms. The quantitative estimate of drug-likeness (QED) is 0.241. The second-order valence-electron chi connectivity index (χ2n) is 11.9. The van der Waals surface area contributed by atoms with Gasteiger partial charge in [-0.3, -0.25) is 15.0 Å². The highest BCUT2D eigenvalue weighted by molar-refractivity contribution is 6.36. The van der Waals surface area contributed by atoms with Gasteiger partial charge in [0.1, 0.15) is 11.5 Å². The number of allylic oxidation sites excluding steroid dienone is 2. The second kappa shape index (κ2) is 10.7. The largest absolute Gasteiger partial charge is 0.508 e. The van der Waals surface area contributed by atoms with Gasteiger partial charge in [0.25, 0.3) is 11.8 Å². The number of aryl methyl sites for hydroxylation is 1. The Morgan fingerprint density at radius 2 is 1.72 bits per heavy atom. The van der Waals surface area contributed by atoms with Crippen molar-refractivity contribution >= 4 is 40.7 Å². The standard InChI is InChI=1S/C33H29Cl2N5O6/c1-17-14-18(4-11-27(17)41)28-22-12-13-38-31(44)37(2)32(45)40(38)26(22)16-23-29(42)39(36-25-10-7-20(34)15-24(25)35)30(43)33(23,28)19-5-8-21(46-3)9-6-19/h4-12,14-15,23,26,28,36,41H,13,16H2,1-3H3/t23-,26+,28-,33+/m0/s1. The highest BCUT2D eigenvalue weighted by Gasteiger charge is 2.68. The number of nitrogens with zero attached hydrogens (tertiary/aromatic N) is 4. The lowest BCUT2D eigenvalue weighted by Crippen LogP contribution is -2.53. The fraction of sp³-hybridized carbons (Fsp3) is 0.273. The van der Waals surface area contributed by atoms with Crippen molar-refractivity contribution in [2.75, 3.05) is 12.5 Å². The molecule has 7 rings (SSSR count). The van der Waals surface area contributed by atoms with E-state index in [1.807, 2.05) is 6.08 Å². The average Bonchev–Trinajstić information content (AvgIpc) is 3.40. The van der Waals surface area contributed by atoms with E-state index in [4.69, 9.17) is 27.9 Å². The van der Waals surface area contributed by atoms with Gasteiger partial charge >= 0.3 is 11.4 Å². The molecule has 1 aliphatic carbocycles. The molecule has 3 heterocycles. The summed E-state index contributed by atoms with van der Waals surface area (Å²) >= 11 is 12.6. The Balaban J connectivity index is 1.51. The number of halogens is 2. The van der Waals surface area contributed by atoms with Gasteiger partial charge in [-0.15, -0.1) is 0 Å². The molecule has 2 N–H and O–H groups in total. The van der Waals surface area contributed by atoms with Crippen molar-refractivity contribution in [3.8, 4) is 11.5 Å². The summed E-state index contributed by atoms with van der Waals surface area (Å²) in [6, 6.07) is 16.1. The number of aromatic hydroxyl groups is 1. The number of nitrogens with one attached hydrogen (secondary N) is 1. The summed E-state index contributed by atoms with van der Waals surface area (Å²) in [6.07, 6.45) is 1.94. The number of hydrogen-bond acceptors (Lipinski definition) is 7. The number of phenols is 1. The highest BCUT2D eigenvalue weighted by Crippen LogP contribution is 2.62. The number of carbonyl (C=O) groups is 2. The number of fused-ring (bicyclic) bond motifs is 4. The number of carbonyl (C=O) groups excluding carboxylic acids is 2. The van der Waals surface area contributed by atoms with Crippen molar-refractivity contribution in [1.29, 1.82) is 0 Å². The van der Waals surface area contributed by atoms with Crippen LogP contribution in [0.25, 0.3) is 0 Å². The maximum Gasteiger partial charge on any atom is 0.347 e. The van der Waals surface area contributed by atoms with E-state index >= 15 is 4.79 Å². The minimum absolute atomic E-state index is 0.0614. The fourth-order valence-electron chi connectivity index (χ4n) is 7.45. The summed E-state index contributed by atoms with van der Waals surface area (Å²) in [7, 11) is 2.96. The molecule has 1 saturated heterocycles. The van der Waals surface area contributed by atoms with Gasteiger partial charge in [-0.2, -0.15) is 5.01 Å². The maximum atomic E-state index is 15.1. The molecule has 1 aromatic heterocycles. The number of aromatic nitrogens is 3. The van der Waals surface area contributed by atoms with Gasteiger partial charge in [0.2, 0.25) is 0 Å². The first kappa shape index (κ1) is 29.9. The maximum absolute atomic E-state index is 15.1. The number of hydrogen-bond donors (Lipinski definition) is 2. The van der Waals surface area contributed by atoms with Crippen LogP contribution in [0.5, 0.6) is 11.5 Å². The molecule has 0 spiro atoms. The number of imide groups is 1. The number of ether oxygens (including phenoxy) is 1. The summed E-state index contributed by atoms with van der Waals surface area (Å²) in [5.41, 5.74) is 3.31. The van der Waals surface area contributed by atoms with Gasteiger partial charge in [0.15, 0.2) is 0 Å². The number of rotatable bonds is 5. The fourth-order valence-corrected chi connectivity index (χ4v) is 7.90. The smallest absolute Gasteiger partial charge is 0.347 e. The average molecular weight is 663 g/mol. The van der Waals surface area contributed by atoms with Crippen LogP contribution in [0.2, 0.25) is 10.0 Å². The first-order valence-electron chi connectivity index (χ1n) is 14.6. The van der Waals surface area contributed by atoms with E-state index in [1.54, 1.807) is 68.6 Å². The number of hydrazine groups is 1. The summed E-state index contributed by atoms with van der Waals surface area (Å²) in [4.78, 5) is 56.2. The molecule has 2 aliphatic heterocycles. The van der Waals surface area contributed by atoms with Crippen LogP contribution in [-0.4, -0.2) is 43.0 Å². The molecule has 4 aromatic rings. The van der Waals surface area contributed by atoms with Gasteiger partial charge < -0.3 is 9.84 Å². The topological polar surface area (TPSA) is 128 Å². The van der Waals surface area contributed by atoms with Crippen molar-refractivity contribution in [2.45, 2.75) is 37.3 Å². The third-order valence-corrected chi connectivity index (χ3v) is 10.1. The van der Waals surface area contributed by atoms with Crippen molar-refractivity contribution < 1.29 is 19.4 Å². The molecule has 236 valence electrons. The zero-order valence-corrected chi connectivity index (χ0v) is 26.5. The molecule has 46 heavy (non-hydrogen) atoms. The summed E-state index contributed by atoms with van der Waals surface area (Å²) in [5.74, 6) is -2.15. The third-order valence-electron chi connectivity index (χ3n) is 9.59. The van der Waals surface area contributed by atoms with Gasteiger partial charge in [0.05, 0.1) is 41.7 Å². The molecule has 3 aromatic carbocycles. The van der Waals surface area contributed by atoms with Crippen LogP contribution in [0.3, 0.4) is 0 Å². The van der Waals surface area contributed by atoms with E-state index < -0.39 is 46.5 Å². The molecule has 4 atom stereocenters. The number of phenolic OH excluding ortho intramolecular Hbond substituents is 1. The molecule has 0 unspecified atom stereocenters. The van der Waals surface area contributed by atoms with Crippen LogP contribution in [0.15, 0.2) is 81.9 Å². The van der Waals surface area contributed by atoms with Crippen LogP contribution >= 0.6 is 23.2 Å². The number of benzene rings is 3. The Morgan fingerprint density at radius 1 is 0.978 bits per heavy atom. The van der Waals surface area contributed by atoms with Gasteiger partial charge in [-0.1, -0.05) is 53.5 Å². The first-order valence-corrected chi connectivity index (χ1v) is 15.4. The molecule has 0 bridgehead atoms. The molecule has 2 fully saturated rings. The third kappa shape index (κ3) is 4.11. The molecular formula is C33H29Cl2N5O6. The first-order chi connectivity index (χ1) is 22.0. The van der Waals surface area contributed by atoms with E-state index in [0.29, 0.717) is 33.1 Å². The van der Waals surface area contributed by atoms with Crippen LogP contribution in [-0.2, 0) is 28.6 Å². The molecule has 1 saturated carbocycles. The highest BCUT2D eigenvalue weighted by atomic mass is 35.5. The van der Waals surface area contributed by atoms with E-state index in [9.17, 15) is 19.5 Å². The Kier molecular flexibility index (Phi) is 6.95. The zero-order valence-electron chi connectivity index (χ0n) is 25.0. The van der Waals surface area contributed by atoms with Gasteiger partial charge in [-0.25, -0.2) is 23.5 Å². The van der Waals surface area contributed by atoms with Gasteiger partial charge in [0, 0.05) is 18.0 Å². The predicted molar refractivity (Wildman–Crippen MR) is 171 cm³/mol. The SMILES string of the molecule is COc1ccc([C@@]23C(=O)N(Nc4ccc(Cl)cc4Cl)C(=O)[C@@H]2C[C@@H]2C(=CCn4c(=O)n(C)c(=O)n42)[C@@H]3c2ccc(O)c(C)c2)cc1. The Morgan fingerprint density at radius 3 is 2.39 bits per heavy atom. The Labute approximate surface area is 272 Å². The number of amides is 2. The predicted octanol–water partition coefficient (Wildman–Crippen LogP) is 4.30. The minimum atomic E-state index is -1.50. The molecule has 2 amide bonds. The molecule has 3 aliphatic rings. The van der Waals surface area contributed by atoms with Crippen LogP contribution in [0.1, 0.15) is 35.1 Å². The van der Waals surface area contributed by atoms with Crippen LogP contribution in [0.4, 0.5) is 5.69 Å². The molecular weight excluding hydrogens is 633 g/mol. The van der Waals surface area contributed by atoms with E-state index in [-0.39, 0.29) is 23.7 Å². The van der Waals surface area contributed by atoms with Crippen molar-refractivity contribution in [1.82, 2.24) is 18.9 Å². The lowest BCUT2D eigenvalue weighted by atomic mass is 9.53. The number of methoxy groups -OCH3 is 1. The van der Waals surface area contributed by atoms with Crippen LogP contribution in [0, 0.1) is 12.8 Å². The van der Waals surface area contributed by atoms with E-state index in [0.717, 1.165) is 15.1 Å². The normalized spacial score (nSPS) is 23.5. The van der Waals surface area contributed by atoms with Crippen LogP contribution < -0.4 is 21.5 Å². The molecule has 11 nitrogen and oxygen atoms in total. The minimum Gasteiger partial charge on any atom is -0.508 e. The monoisotopic (exact) mass is 661 g/mol. The summed E-state index contributed by atoms with van der Waals surface area (Å²) in [6.45, 7) is 1.85. The van der Waals surface area contributed by atoms with Crippen molar-refractivity contribution in [2.24, 2.45) is 13.0 Å². The second-order valence-corrected chi connectivity index (χ2v) is 12.7. The van der Waals surface area contributed by atoms with Crippen molar-refractivity contribution in [3.63, 3.8) is 0 Å². The van der Waals surface area contributed by atoms with Gasteiger partial charge in [-0.05, 0) is 72.0 Å². The van der Waals surface area contributed by atoms with Crippen molar-refractivity contribution in [3.05, 3.63) is 120 Å². The number of anilines is 1. The van der Waals surface area contributed by atoms with E-state index in [1.165, 1.54) is 22.5 Å². The zero-order chi connectivity index (χ0) is 32.7. The molecule has 0 radical (unpaired) electrons. The Hall–Kier alpha value is -4.74. The Bertz CT molecular complexity index is 2100.